The van der Waals surface area contributed by atoms with Crippen LogP contribution < -0.4 is 11.1 Å². The van der Waals surface area contributed by atoms with Gasteiger partial charge in [0, 0.05) is 17.6 Å². The van der Waals surface area contributed by atoms with E-state index in [0.29, 0.717) is 11.3 Å². The van der Waals surface area contributed by atoms with Gasteiger partial charge < -0.3 is 16.2 Å². The van der Waals surface area contributed by atoms with Crippen molar-refractivity contribution in [1.82, 2.24) is 0 Å². The highest BCUT2D eigenvalue weighted by Gasteiger charge is 2.16. The summed E-state index contributed by atoms with van der Waals surface area (Å²) >= 11 is 0. The molecule has 0 bridgehead atoms. The van der Waals surface area contributed by atoms with E-state index in [4.69, 9.17) is 10.8 Å². The van der Waals surface area contributed by atoms with E-state index in [1.54, 1.807) is 38.1 Å². The average Bonchev–Trinajstić information content (AvgIpc) is 2.17. The van der Waals surface area contributed by atoms with E-state index in [-0.39, 0.29) is 18.7 Å². The Morgan fingerprint density at radius 2 is 1.83 bits per heavy atom. The molecule has 0 radical (unpaired) electrons. The third kappa shape index (κ3) is 5.45. The predicted molar refractivity (Wildman–Crippen MR) is 69.3 cm³/mol. The minimum atomic E-state index is -0.878. The van der Waals surface area contributed by atoms with Crippen molar-refractivity contribution in [3.05, 3.63) is 29.8 Å². The minimum absolute atomic E-state index is 0.0238. The third-order valence-electron chi connectivity index (χ3n) is 2.21. The summed E-state index contributed by atoms with van der Waals surface area (Å²) < 4.78 is 0. The number of anilines is 1. The summed E-state index contributed by atoms with van der Waals surface area (Å²) in [4.78, 5) is 22.1. The summed E-state index contributed by atoms with van der Waals surface area (Å²) in [6.45, 7) is 3.56. The second-order valence-electron chi connectivity index (χ2n) is 4.98. The molecule has 0 unspecified atom stereocenters. The van der Waals surface area contributed by atoms with E-state index >= 15 is 0 Å². The Balaban J connectivity index is 2.58. The van der Waals surface area contributed by atoms with Crippen molar-refractivity contribution >= 4 is 17.6 Å². The number of rotatable bonds is 5. The van der Waals surface area contributed by atoms with Gasteiger partial charge in [-0.25, -0.2) is 0 Å². The first-order chi connectivity index (χ1) is 8.26. The first-order valence-electron chi connectivity index (χ1n) is 5.66. The normalized spacial score (nSPS) is 11.1. The summed E-state index contributed by atoms with van der Waals surface area (Å²) in [5.74, 6) is -1.04. The number of aliphatic carboxylic acids is 1. The average molecular weight is 250 g/mol. The molecule has 0 saturated heterocycles. The standard InChI is InChI=1S/C13H18N2O3/c1-13(2,14)8-11(16)15-10-5-3-9(4-6-10)7-12(17)18/h3-6H,7-8,14H2,1-2H3,(H,15,16)(H,17,18). The van der Waals surface area contributed by atoms with Crippen LogP contribution in [-0.2, 0) is 16.0 Å². The van der Waals surface area contributed by atoms with Crippen molar-refractivity contribution in [3.8, 4) is 0 Å². The maximum Gasteiger partial charge on any atom is 0.307 e. The smallest absolute Gasteiger partial charge is 0.307 e. The maximum absolute atomic E-state index is 11.6. The molecule has 0 heterocycles. The van der Waals surface area contributed by atoms with E-state index in [1.165, 1.54) is 0 Å². The molecule has 1 aromatic rings. The molecule has 0 aliphatic heterocycles. The number of benzene rings is 1. The monoisotopic (exact) mass is 250 g/mol. The van der Waals surface area contributed by atoms with Gasteiger partial charge in [0.2, 0.25) is 5.91 Å². The van der Waals surface area contributed by atoms with Gasteiger partial charge in [-0.1, -0.05) is 12.1 Å². The Kier molecular flexibility index (Phi) is 4.44. The van der Waals surface area contributed by atoms with Crippen molar-refractivity contribution in [2.45, 2.75) is 32.2 Å². The van der Waals surface area contributed by atoms with Crippen molar-refractivity contribution in [2.75, 3.05) is 5.32 Å². The van der Waals surface area contributed by atoms with Gasteiger partial charge in [-0.3, -0.25) is 9.59 Å². The van der Waals surface area contributed by atoms with Crippen LogP contribution in [0.1, 0.15) is 25.8 Å². The molecule has 0 saturated carbocycles. The van der Waals surface area contributed by atoms with Crippen LogP contribution in [0.2, 0.25) is 0 Å². The van der Waals surface area contributed by atoms with Crippen LogP contribution in [0, 0.1) is 0 Å². The Morgan fingerprint density at radius 3 is 2.28 bits per heavy atom. The molecule has 0 aliphatic carbocycles. The topological polar surface area (TPSA) is 92.4 Å². The van der Waals surface area contributed by atoms with Gasteiger partial charge in [0.05, 0.1) is 6.42 Å². The maximum atomic E-state index is 11.6. The SMILES string of the molecule is CC(C)(N)CC(=O)Nc1ccc(CC(=O)O)cc1. The lowest BCUT2D eigenvalue weighted by Gasteiger charge is -2.17. The lowest BCUT2D eigenvalue weighted by atomic mass is 10.0. The molecule has 0 aromatic heterocycles. The number of nitrogens with one attached hydrogen (secondary N) is 1. The zero-order chi connectivity index (χ0) is 13.8. The van der Waals surface area contributed by atoms with Crippen LogP contribution in [0.3, 0.4) is 0 Å². The van der Waals surface area contributed by atoms with Gasteiger partial charge in [-0.2, -0.15) is 0 Å². The molecule has 1 aromatic carbocycles. The molecular weight excluding hydrogens is 232 g/mol. The fourth-order valence-corrected chi connectivity index (χ4v) is 1.50. The summed E-state index contributed by atoms with van der Waals surface area (Å²) in [5, 5.41) is 11.3. The van der Waals surface area contributed by atoms with Gasteiger partial charge in [-0.05, 0) is 31.5 Å². The number of hydrogen-bond acceptors (Lipinski definition) is 3. The first kappa shape index (κ1) is 14.2. The van der Waals surface area contributed by atoms with Gasteiger partial charge in [-0.15, -0.1) is 0 Å². The van der Waals surface area contributed by atoms with Crippen molar-refractivity contribution in [1.29, 1.82) is 0 Å². The molecule has 5 heteroatoms. The molecule has 98 valence electrons. The van der Waals surface area contributed by atoms with E-state index < -0.39 is 11.5 Å². The molecule has 1 rings (SSSR count). The predicted octanol–water partition coefficient (Wildman–Crippen LogP) is 1.38. The molecule has 0 spiro atoms. The third-order valence-corrected chi connectivity index (χ3v) is 2.21. The fraction of sp³-hybridized carbons (Fsp3) is 0.385. The van der Waals surface area contributed by atoms with E-state index in [2.05, 4.69) is 5.32 Å². The molecule has 0 aliphatic rings. The number of carbonyl (C=O) groups excluding carboxylic acids is 1. The second kappa shape index (κ2) is 5.64. The van der Waals surface area contributed by atoms with Gasteiger partial charge in [0.1, 0.15) is 0 Å². The summed E-state index contributed by atoms with van der Waals surface area (Å²) in [5.41, 5.74) is 6.53. The Morgan fingerprint density at radius 1 is 1.28 bits per heavy atom. The number of carboxylic acids is 1. The van der Waals surface area contributed by atoms with Gasteiger partial charge in [0.15, 0.2) is 0 Å². The number of carboxylic acid groups (broad SMARTS) is 1. The molecule has 5 nitrogen and oxygen atoms in total. The first-order valence-corrected chi connectivity index (χ1v) is 5.66. The van der Waals surface area contributed by atoms with Crippen LogP contribution in [0.25, 0.3) is 0 Å². The molecule has 0 atom stereocenters. The Labute approximate surface area is 106 Å². The molecule has 4 N–H and O–H groups in total. The van der Waals surface area contributed by atoms with Crippen molar-refractivity contribution in [3.63, 3.8) is 0 Å². The highest BCUT2D eigenvalue weighted by Crippen LogP contribution is 2.12. The number of amides is 1. The largest absolute Gasteiger partial charge is 0.481 e. The molecular formula is C13H18N2O3. The lowest BCUT2D eigenvalue weighted by molar-refractivity contribution is -0.136. The molecule has 18 heavy (non-hydrogen) atoms. The van der Waals surface area contributed by atoms with Crippen LogP contribution in [0.4, 0.5) is 5.69 Å². The number of carbonyl (C=O) groups is 2. The summed E-state index contributed by atoms with van der Waals surface area (Å²) in [7, 11) is 0. The molecule has 1 amide bonds. The lowest BCUT2D eigenvalue weighted by Crippen LogP contribution is -2.36. The van der Waals surface area contributed by atoms with E-state index in [0.717, 1.165) is 0 Å². The minimum Gasteiger partial charge on any atom is -0.481 e. The van der Waals surface area contributed by atoms with E-state index in [9.17, 15) is 9.59 Å². The van der Waals surface area contributed by atoms with Crippen molar-refractivity contribution in [2.24, 2.45) is 5.73 Å². The Hall–Kier alpha value is -1.88. The quantitative estimate of drug-likeness (QED) is 0.736. The van der Waals surface area contributed by atoms with Crippen LogP contribution >= 0.6 is 0 Å². The van der Waals surface area contributed by atoms with Gasteiger partial charge in [0.25, 0.3) is 0 Å². The van der Waals surface area contributed by atoms with Gasteiger partial charge >= 0.3 is 5.97 Å². The zero-order valence-electron chi connectivity index (χ0n) is 10.6. The summed E-state index contributed by atoms with van der Waals surface area (Å²) in [6.07, 6.45) is 0.202. The summed E-state index contributed by atoms with van der Waals surface area (Å²) in [6, 6.07) is 6.72. The van der Waals surface area contributed by atoms with Crippen LogP contribution in [0.15, 0.2) is 24.3 Å². The number of nitrogens with two attached hydrogens (primary N) is 1. The Bertz CT molecular complexity index is 433. The van der Waals surface area contributed by atoms with Crippen LogP contribution in [-0.4, -0.2) is 22.5 Å². The number of hydrogen-bond donors (Lipinski definition) is 3. The van der Waals surface area contributed by atoms with Crippen LogP contribution in [0.5, 0.6) is 0 Å². The zero-order valence-corrected chi connectivity index (χ0v) is 10.6. The van der Waals surface area contributed by atoms with E-state index in [1.807, 2.05) is 0 Å². The second-order valence-corrected chi connectivity index (χ2v) is 4.98. The highest BCUT2D eigenvalue weighted by atomic mass is 16.4. The fourth-order valence-electron chi connectivity index (χ4n) is 1.50. The highest BCUT2D eigenvalue weighted by molar-refractivity contribution is 5.91. The van der Waals surface area contributed by atoms with Crippen molar-refractivity contribution < 1.29 is 14.7 Å². The molecule has 0 fully saturated rings.